The van der Waals surface area contributed by atoms with Crippen LogP contribution in [0.5, 0.6) is 0 Å². The molecule has 1 aliphatic rings. The Morgan fingerprint density at radius 1 is 1.33 bits per heavy atom. The van der Waals surface area contributed by atoms with Crippen molar-refractivity contribution < 1.29 is 28.0 Å². The summed E-state index contributed by atoms with van der Waals surface area (Å²) in [5.74, 6) is -2.42. The van der Waals surface area contributed by atoms with Crippen molar-refractivity contribution in [3.8, 4) is 0 Å². The molecular formula is C20H22N4O7S2. The van der Waals surface area contributed by atoms with Crippen LogP contribution in [0.3, 0.4) is 0 Å². The van der Waals surface area contributed by atoms with Gasteiger partial charge < -0.3 is 10.0 Å². The maximum absolute atomic E-state index is 12.7. The number of urea groups is 1. The van der Waals surface area contributed by atoms with Crippen molar-refractivity contribution >= 4 is 44.8 Å². The number of thiophene rings is 1. The van der Waals surface area contributed by atoms with Gasteiger partial charge in [-0.3, -0.25) is 14.9 Å². The Morgan fingerprint density at radius 2 is 2.06 bits per heavy atom. The fourth-order valence-corrected chi connectivity index (χ4v) is 6.11. The minimum atomic E-state index is -3.67. The third-order valence-electron chi connectivity index (χ3n) is 5.34. The topological polar surface area (TPSA) is 150 Å². The molecule has 2 heterocycles. The first-order chi connectivity index (χ1) is 15.5. The molecule has 33 heavy (non-hydrogen) atoms. The number of aliphatic carboxylic acids is 1. The summed E-state index contributed by atoms with van der Waals surface area (Å²) in [7, 11) is -2.25. The Labute approximate surface area is 194 Å². The molecule has 0 saturated carbocycles. The molecule has 1 aromatic heterocycles. The number of nitro benzene ring substituents is 1. The molecule has 11 nitrogen and oxygen atoms in total. The van der Waals surface area contributed by atoms with Gasteiger partial charge >= 0.3 is 12.0 Å². The van der Waals surface area contributed by atoms with Crippen LogP contribution in [0.25, 0.3) is 0 Å². The fourth-order valence-electron chi connectivity index (χ4n) is 3.70. The van der Waals surface area contributed by atoms with Crippen LogP contribution in [-0.2, 0) is 14.8 Å². The second-order valence-electron chi connectivity index (χ2n) is 7.45. The molecule has 0 spiro atoms. The van der Waals surface area contributed by atoms with E-state index in [-0.39, 0.29) is 35.1 Å². The van der Waals surface area contributed by atoms with Gasteiger partial charge in [0.25, 0.3) is 15.7 Å². The first kappa shape index (κ1) is 24.5. The Morgan fingerprint density at radius 3 is 2.67 bits per heavy atom. The maximum Gasteiger partial charge on any atom is 0.344 e. The molecular weight excluding hydrogens is 472 g/mol. The van der Waals surface area contributed by atoms with Crippen LogP contribution in [0.1, 0.15) is 24.9 Å². The Balaban J connectivity index is 1.86. The van der Waals surface area contributed by atoms with Gasteiger partial charge in [-0.2, -0.15) is 0 Å². The SMILES string of the molecule is CC1=NC(=O)N(CCCN(C)S(=O)(=O)c2cccs2)C(c2cccc([N+](=O)[O-])c2)C1C(=O)O. The monoisotopic (exact) mass is 494 g/mol. The average Bonchev–Trinajstić information content (AvgIpc) is 3.30. The zero-order valence-corrected chi connectivity index (χ0v) is 19.5. The highest BCUT2D eigenvalue weighted by Gasteiger charge is 2.42. The maximum atomic E-state index is 12.7. The predicted octanol–water partition coefficient (Wildman–Crippen LogP) is 3.01. The number of rotatable bonds is 9. The van der Waals surface area contributed by atoms with Crippen molar-refractivity contribution in [3.63, 3.8) is 0 Å². The van der Waals surface area contributed by atoms with E-state index in [2.05, 4.69) is 4.99 Å². The molecule has 3 rings (SSSR count). The second kappa shape index (κ2) is 9.77. The van der Waals surface area contributed by atoms with E-state index < -0.39 is 38.9 Å². The molecule has 0 bridgehead atoms. The molecule has 0 fully saturated rings. The Hall–Kier alpha value is -3.16. The minimum Gasteiger partial charge on any atom is -0.481 e. The fraction of sp³-hybridized carbons (Fsp3) is 0.350. The lowest BCUT2D eigenvalue weighted by Gasteiger charge is -2.38. The number of aliphatic imine (C=N–C) groups is 1. The first-order valence-electron chi connectivity index (χ1n) is 9.87. The molecule has 1 aliphatic heterocycles. The van der Waals surface area contributed by atoms with E-state index in [9.17, 15) is 33.2 Å². The zero-order chi connectivity index (χ0) is 24.3. The lowest BCUT2D eigenvalue weighted by molar-refractivity contribution is -0.385. The highest BCUT2D eigenvalue weighted by atomic mass is 32.2. The molecule has 2 aromatic rings. The van der Waals surface area contributed by atoms with Gasteiger partial charge in [-0.15, -0.1) is 11.3 Å². The van der Waals surface area contributed by atoms with Gasteiger partial charge in [-0.05, 0) is 30.4 Å². The Kier molecular flexibility index (Phi) is 7.25. The summed E-state index contributed by atoms with van der Waals surface area (Å²) in [6, 6.07) is 6.91. The third-order valence-corrected chi connectivity index (χ3v) is 8.57. The normalized spacial score (nSPS) is 18.9. The van der Waals surface area contributed by atoms with E-state index in [4.69, 9.17) is 0 Å². The van der Waals surface area contributed by atoms with Gasteiger partial charge in [0.05, 0.1) is 11.0 Å². The summed E-state index contributed by atoms with van der Waals surface area (Å²) in [5.41, 5.74) is 0.155. The number of nitro groups is 1. The number of sulfonamides is 1. The van der Waals surface area contributed by atoms with Gasteiger partial charge in [0.1, 0.15) is 10.1 Å². The molecule has 0 saturated heterocycles. The summed E-state index contributed by atoms with van der Waals surface area (Å²) in [6.45, 7) is 1.52. The zero-order valence-electron chi connectivity index (χ0n) is 17.8. The average molecular weight is 495 g/mol. The summed E-state index contributed by atoms with van der Waals surface area (Å²) in [6.07, 6.45) is 0.208. The Bertz CT molecular complexity index is 1190. The number of carboxylic acid groups (broad SMARTS) is 1. The highest BCUT2D eigenvalue weighted by Crippen LogP contribution is 2.36. The number of hydrogen-bond donors (Lipinski definition) is 1. The minimum absolute atomic E-state index is 0.0110. The number of carboxylic acids is 1. The quantitative estimate of drug-likeness (QED) is 0.416. The van der Waals surface area contributed by atoms with Crippen LogP contribution in [0, 0.1) is 16.0 Å². The molecule has 2 amide bonds. The lowest BCUT2D eigenvalue weighted by Crippen LogP contribution is -2.47. The summed E-state index contributed by atoms with van der Waals surface area (Å²) < 4.78 is 26.6. The van der Waals surface area contributed by atoms with Crippen molar-refractivity contribution in [2.45, 2.75) is 23.6 Å². The van der Waals surface area contributed by atoms with Gasteiger partial charge in [-0.25, -0.2) is 22.5 Å². The van der Waals surface area contributed by atoms with Crippen LogP contribution in [-0.4, -0.2) is 65.5 Å². The van der Waals surface area contributed by atoms with Crippen LogP contribution < -0.4 is 0 Å². The summed E-state index contributed by atoms with van der Waals surface area (Å²) in [5, 5.41) is 22.7. The predicted molar refractivity (Wildman–Crippen MR) is 121 cm³/mol. The number of benzene rings is 1. The number of amides is 2. The lowest BCUT2D eigenvalue weighted by atomic mass is 9.86. The highest BCUT2D eigenvalue weighted by molar-refractivity contribution is 7.91. The number of carbonyl (C=O) groups is 2. The van der Waals surface area contributed by atoms with Crippen LogP contribution in [0.2, 0.25) is 0 Å². The van der Waals surface area contributed by atoms with Crippen molar-refractivity contribution in [1.29, 1.82) is 0 Å². The molecule has 0 radical (unpaired) electrons. The standard InChI is InChI=1S/C20H22N4O7S2/c1-13-17(19(25)26)18(14-6-3-7-15(12-14)24(28)29)23(20(27)21-13)10-5-9-22(2)33(30,31)16-8-4-11-32-16/h3-4,6-8,11-12,17-18H,5,9-10H2,1-2H3,(H,25,26). The summed E-state index contributed by atoms with van der Waals surface area (Å²) >= 11 is 1.09. The van der Waals surface area contributed by atoms with Crippen LogP contribution >= 0.6 is 11.3 Å². The van der Waals surface area contributed by atoms with Gasteiger partial charge in [0.15, 0.2) is 0 Å². The molecule has 176 valence electrons. The number of carbonyl (C=O) groups excluding carboxylic acids is 1. The van der Waals surface area contributed by atoms with Gasteiger partial charge in [0, 0.05) is 38.0 Å². The third kappa shape index (κ3) is 5.10. The van der Waals surface area contributed by atoms with Crippen LogP contribution in [0.15, 0.2) is 51.0 Å². The molecule has 2 unspecified atom stereocenters. The molecule has 1 N–H and O–H groups in total. The smallest absolute Gasteiger partial charge is 0.344 e. The van der Waals surface area contributed by atoms with E-state index in [1.54, 1.807) is 11.4 Å². The number of non-ortho nitro benzene ring substituents is 1. The largest absolute Gasteiger partial charge is 0.481 e. The van der Waals surface area contributed by atoms with Gasteiger partial charge in [0.2, 0.25) is 0 Å². The molecule has 13 heteroatoms. The van der Waals surface area contributed by atoms with Crippen molar-refractivity contribution in [1.82, 2.24) is 9.21 Å². The molecule has 2 atom stereocenters. The molecule has 1 aromatic carbocycles. The second-order valence-corrected chi connectivity index (χ2v) is 10.7. The van der Waals surface area contributed by atoms with Gasteiger partial charge in [-0.1, -0.05) is 18.2 Å². The van der Waals surface area contributed by atoms with E-state index in [1.165, 1.54) is 53.5 Å². The molecule has 0 aliphatic carbocycles. The van der Waals surface area contributed by atoms with Crippen molar-refractivity contribution in [3.05, 3.63) is 57.5 Å². The van der Waals surface area contributed by atoms with Crippen LogP contribution in [0.4, 0.5) is 10.5 Å². The number of hydrogen-bond acceptors (Lipinski definition) is 7. The number of nitrogens with zero attached hydrogens (tertiary/aromatic N) is 4. The van der Waals surface area contributed by atoms with E-state index in [0.717, 1.165) is 11.3 Å². The van der Waals surface area contributed by atoms with Crippen molar-refractivity contribution in [2.75, 3.05) is 20.1 Å². The van der Waals surface area contributed by atoms with E-state index in [1.807, 2.05) is 0 Å². The van der Waals surface area contributed by atoms with E-state index in [0.29, 0.717) is 5.56 Å². The van der Waals surface area contributed by atoms with E-state index >= 15 is 0 Å². The van der Waals surface area contributed by atoms with Crippen molar-refractivity contribution in [2.24, 2.45) is 10.9 Å². The first-order valence-corrected chi connectivity index (χ1v) is 12.2. The summed E-state index contributed by atoms with van der Waals surface area (Å²) in [4.78, 5) is 40.4.